The van der Waals surface area contributed by atoms with Gasteiger partial charge in [0.05, 0.1) is 6.10 Å². The van der Waals surface area contributed by atoms with Crippen LogP contribution in [-0.4, -0.2) is 24.3 Å². The van der Waals surface area contributed by atoms with Gasteiger partial charge in [-0.1, -0.05) is 6.92 Å². The molecule has 0 bridgehead atoms. The van der Waals surface area contributed by atoms with Crippen LogP contribution in [0.15, 0.2) is 0 Å². The maximum Gasteiger partial charge on any atom is 0.332 e. The minimum absolute atomic E-state index is 0.0919. The summed E-state index contributed by atoms with van der Waals surface area (Å²) in [4.78, 5) is 11.2. The number of hydrogen-bond donors (Lipinski definition) is 0. The molecular weight excluding hydrogens is 180 g/mol. The highest BCUT2D eigenvalue weighted by molar-refractivity contribution is 5.71. The van der Waals surface area contributed by atoms with Crippen molar-refractivity contribution in [3.8, 4) is 0 Å². The van der Waals surface area contributed by atoms with Crippen molar-refractivity contribution in [1.82, 2.24) is 0 Å². The molecule has 0 saturated heterocycles. The van der Waals surface area contributed by atoms with Crippen LogP contribution in [0.1, 0.15) is 40.5 Å². The van der Waals surface area contributed by atoms with E-state index in [4.69, 9.17) is 9.47 Å². The lowest BCUT2D eigenvalue weighted by Crippen LogP contribution is -2.33. The van der Waals surface area contributed by atoms with Gasteiger partial charge in [0.2, 0.25) is 0 Å². The Hall–Kier alpha value is -0.570. The summed E-state index contributed by atoms with van der Waals surface area (Å²) in [5.74, 6) is 0.482. The molecule has 1 rings (SSSR count). The van der Waals surface area contributed by atoms with Gasteiger partial charge in [0.25, 0.3) is 0 Å². The molecule has 1 saturated carbocycles. The van der Waals surface area contributed by atoms with E-state index in [-0.39, 0.29) is 18.7 Å². The van der Waals surface area contributed by atoms with Gasteiger partial charge in [-0.05, 0) is 39.5 Å². The van der Waals surface area contributed by atoms with Crippen LogP contribution in [0.25, 0.3) is 0 Å². The van der Waals surface area contributed by atoms with Crippen LogP contribution in [0.3, 0.4) is 0 Å². The first kappa shape index (κ1) is 11.5. The molecule has 0 aromatic carbocycles. The average molecular weight is 200 g/mol. The lowest BCUT2D eigenvalue weighted by atomic mass is 9.84. The normalized spacial score (nSPS) is 26.9. The Bertz CT molecular complexity index is 199. The molecule has 1 aliphatic carbocycles. The topological polar surface area (TPSA) is 35.5 Å². The van der Waals surface area contributed by atoms with Crippen LogP contribution in [0, 0.1) is 5.92 Å². The fourth-order valence-electron chi connectivity index (χ4n) is 1.52. The van der Waals surface area contributed by atoms with Crippen LogP contribution in [0.4, 0.5) is 0 Å². The fourth-order valence-corrected chi connectivity index (χ4v) is 1.52. The van der Waals surface area contributed by atoms with E-state index in [0.717, 1.165) is 18.8 Å². The summed E-state index contributed by atoms with van der Waals surface area (Å²) >= 11 is 0. The number of carbonyl (C=O) groups excluding carboxylic acids is 1. The predicted octanol–water partition coefficient (Wildman–Crippen LogP) is 2.14. The molecule has 0 atom stereocenters. The molecule has 0 heterocycles. The van der Waals surface area contributed by atoms with Crippen molar-refractivity contribution in [3.05, 3.63) is 0 Å². The monoisotopic (exact) mass is 200 g/mol. The van der Waals surface area contributed by atoms with Gasteiger partial charge in [-0.25, -0.2) is 4.79 Å². The Morgan fingerprint density at radius 2 is 1.93 bits per heavy atom. The molecule has 0 aliphatic heterocycles. The van der Waals surface area contributed by atoms with Crippen molar-refractivity contribution in [2.75, 3.05) is 6.61 Å². The second kappa shape index (κ2) is 4.30. The molecule has 0 unspecified atom stereocenters. The lowest BCUT2D eigenvalue weighted by Gasteiger charge is -2.32. The molecule has 0 amide bonds. The van der Waals surface area contributed by atoms with Crippen LogP contribution >= 0.6 is 0 Å². The zero-order valence-electron chi connectivity index (χ0n) is 9.50. The maximum absolute atomic E-state index is 11.2. The quantitative estimate of drug-likeness (QED) is 0.655. The first-order chi connectivity index (χ1) is 6.37. The summed E-state index contributed by atoms with van der Waals surface area (Å²) in [6.07, 6.45) is 2.42. The fraction of sp³-hybridized carbons (Fsp3) is 0.909. The zero-order valence-corrected chi connectivity index (χ0v) is 9.50. The third-order valence-electron chi connectivity index (χ3n) is 2.19. The van der Waals surface area contributed by atoms with Gasteiger partial charge in [0.15, 0.2) is 0 Å². The van der Waals surface area contributed by atoms with Crippen molar-refractivity contribution < 1.29 is 14.3 Å². The van der Waals surface area contributed by atoms with Crippen LogP contribution in [0.2, 0.25) is 0 Å². The standard InChI is InChI=1S/C11H20O3/c1-8-5-9(6-8)13-7-10(12)14-11(2,3)4/h8-9H,5-7H2,1-4H3. The third kappa shape index (κ3) is 4.09. The summed E-state index contributed by atoms with van der Waals surface area (Å²) in [5, 5.41) is 0. The lowest BCUT2D eigenvalue weighted by molar-refractivity contribution is -0.164. The van der Waals surface area contributed by atoms with Gasteiger partial charge in [-0.15, -0.1) is 0 Å². The summed E-state index contributed by atoms with van der Waals surface area (Å²) in [6, 6.07) is 0. The second-order valence-electron chi connectivity index (χ2n) is 5.10. The Kier molecular flexibility index (Phi) is 3.53. The Labute approximate surface area is 85.8 Å². The van der Waals surface area contributed by atoms with Gasteiger partial charge in [-0.2, -0.15) is 0 Å². The van der Waals surface area contributed by atoms with E-state index in [2.05, 4.69) is 6.92 Å². The van der Waals surface area contributed by atoms with Gasteiger partial charge >= 0.3 is 5.97 Å². The van der Waals surface area contributed by atoms with E-state index in [1.807, 2.05) is 20.8 Å². The van der Waals surface area contributed by atoms with Crippen LogP contribution < -0.4 is 0 Å². The Morgan fingerprint density at radius 3 is 2.36 bits per heavy atom. The minimum atomic E-state index is -0.409. The molecule has 1 fully saturated rings. The minimum Gasteiger partial charge on any atom is -0.458 e. The summed E-state index contributed by atoms with van der Waals surface area (Å²) in [6.45, 7) is 7.85. The van der Waals surface area contributed by atoms with E-state index in [0.29, 0.717) is 0 Å². The van der Waals surface area contributed by atoms with Gasteiger partial charge in [-0.3, -0.25) is 0 Å². The van der Waals surface area contributed by atoms with E-state index in [1.165, 1.54) is 0 Å². The van der Waals surface area contributed by atoms with Gasteiger partial charge < -0.3 is 9.47 Å². The summed E-state index contributed by atoms with van der Waals surface area (Å²) < 4.78 is 10.5. The summed E-state index contributed by atoms with van der Waals surface area (Å²) in [7, 11) is 0. The SMILES string of the molecule is CC1CC(OCC(=O)OC(C)(C)C)C1. The van der Waals surface area contributed by atoms with Gasteiger partial charge in [0.1, 0.15) is 12.2 Å². The van der Waals surface area contributed by atoms with E-state index in [1.54, 1.807) is 0 Å². The largest absolute Gasteiger partial charge is 0.458 e. The smallest absolute Gasteiger partial charge is 0.332 e. The Balaban J connectivity index is 2.10. The predicted molar refractivity (Wildman–Crippen MR) is 54.0 cm³/mol. The Morgan fingerprint density at radius 1 is 1.36 bits per heavy atom. The van der Waals surface area contributed by atoms with Crippen molar-refractivity contribution in [3.63, 3.8) is 0 Å². The average Bonchev–Trinajstić information content (AvgIpc) is 1.92. The molecule has 1 aliphatic rings. The zero-order chi connectivity index (χ0) is 10.8. The molecule has 14 heavy (non-hydrogen) atoms. The van der Waals surface area contributed by atoms with Gasteiger partial charge in [0, 0.05) is 0 Å². The van der Waals surface area contributed by atoms with Crippen molar-refractivity contribution in [2.24, 2.45) is 5.92 Å². The molecule has 82 valence electrons. The van der Waals surface area contributed by atoms with Crippen molar-refractivity contribution in [1.29, 1.82) is 0 Å². The number of rotatable bonds is 3. The van der Waals surface area contributed by atoms with Crippen molar-refractivity contribution in [2.45, 2.75) is 52.2 Å². The molecule has 0 radical (unpaired) electrons. The molecule has 3 nitrogen and oxygen atoms in total. The number of ether oxygens (including phenoxy) is 2. The molecule has 0 aromatic rings. The maximum atomic E-state index is 11.2. The van der Waals surface area contributed by atoms with E-state index >= 15 is 0 Å². The molecule has 0 N–H and O–H groups in total. The highest BCUT2D eigenvalue weighted by Crippen LogP contribution is 2.29. The number of hydrogen-bond acceptors (Lipinski definition) is 3. The highest BCUT2D eigenvalue weighted by Gasteiger charge is 2.27. The van der Waals surface area contributed by atoms with Crippen LogP contribution in [0.5, 0.6) is 0 Å². The second-order valence-corrected chi connectivity index (χ2v) is 5.10. The molecule has 0 spiro atoms. The molecular formula is C11H20O3. The first-order valence-electron chi connectivity index (χ1n) is 5.20. The van der Waals surface area contributed by atoms with Crippen molar-refractivity contribution >= 4 is 5.97 Å². The number of carbonyl (C=O) groups is 1. The van der Waals surface area contributed by atoms with Crippen LogP contribution in [-0.2, 0) is 14.3 Å². The highest BCUT2D eigenvalue weighted by atomic mass is 16.6. The first-order valence-corrected chi connectivity index (χ1v) is 5.20. The van der Waals surface area contributed by atoms with E-state index in [9.17, 15) is 4.79 Å². The summed E-state index contributed by atoms with van der Waals surface area (Å²) in [5.41, 5.74) is -0.409. The number of esters is 1. The third-order valence-corrected chi connectivity index (χ3v) is 2.19. The molecule has 0 aromatic heterocycles. The van der Waals surface area contributed by atoms with E-state index < -0.39 is 5.60 Å². The molecule has 3 heteroatoms.